The van der Waals surface area contributed by atoms with Crippen molar-refractivity contribution < 1.29 is 9.84 Å². The molecule has 0 unspecified atom stereocenters. The molecule has 0 amide bonds. The second-order valence-electron chi connectivity index (χ2n) is 10.4. The summed E-state index contributed by atoms with van der Waals surface area (Å²) in [5, 5.41) is 9.39. The van der Waals surface area contributed by atoms with Gasteiger partial charge in [-0.25, -0.2) is 0 Å². The molecule has 1 spiro atoms. The predicted octanol–water partition coefficient (Wildman–Crippen LogP) is 6.75. The highest BCUT2D eigenvalue weighted by Gasteiger charge is 2.52. The Labute approximate surface area is 228 Å². The maximum atomic E-state index is 9.39. The first kappa shape index (κ1) is 26.6. The number of nitrogens with zero attached hydrogens (tertiary/aromatic N) is 3. The normalized spacial score (nSPS) is 15.1. The van der Waals surface area contributed by atoms with Gasteiger partial charge in [0.1, 0.15) is 17.0 Å². The lowest BCUT2D eigenvalue weighted by molar-refractivity contribution is 0.157. The quantitative estimate of drug-likeness (QED) is 0.287. The Bertz CT molecular complexity index is 1190. The zero-order valence-electron chi connectivity index (χ0n) is 23.5. The first-order valence-electron chi connectivity index (χ1n) is 14.5. The minimum atomic E-state index is -0.400. The summed E-state index contributed by atoms with van der Waals surface area (Å²) in [4.78, 5) is 7.42. The topological polar surface area (TPSA) is 39.2 Å². The largest absolute Gasteiger partial charge is 0.456 e. The van der Waals surface area contributed by atoms with Crippen LogP contribution in [0.5, 0.6) is 11.5 Å². The summed E-state index contributed by atoms with van der Waals surface area (Å²) in [6.07, 6.45) is 2.93. The Morgan fingerprint density at radius 1 is 0.737 bits per heavy atom. The summed E-state index contributed by atoms with van der Waals surface area (Å²) in [5.74, 6) is 1.91. The number of ether oxygens (including phenoxy) is 1. The summed E-state index contributed by atoms with van der Waals surface area (Å²) in [5.41, 5.74) is 7.20. The van der Waals surface area contributed by atoms with Gasteiger partial charge in [0, 0.05) is 74.0 Å². The molecule has 3 aromatic rings. The van der Waals surface area contributed by atoms with Crippen LogP contribution in [0.3, 0.4) is 0 Å². The van der Waals surface area contributed by atoms with E-state index in [4.69, 9.17) is 4.74 Å². The second kappa shape index (κ2) is 11.4. The average molecular weight is 514 g/mol. The Morgan fingerprint density at radius 3 is 1.87 bits per heavy atom. The van der Waals surface area contributed by atoms with Crippen molar-refractivity contribution in [2.45, 2.75) is 59.0 Å². The standard InChI is InChI=1S/C33H43N3O2/c1-5-34(6-2)26-16-18-29-31(22-26)38-32-23-27(35(7-3)8-4)17-19-30(32)33(29)28-15-11-10-14-25(28)24-36(33)20-12-9-13-21-37/h10-11,14-19,22-23,37H,5-9,12-13,20-21,24H2,1-4H3. The van der Waals surface area contributed by atoms with E-state index in [0.29, 0.717) is 0 Å². The Kier molecular flexibility index (Phi) is 7.96. The van der Waals surface area contributed by atoms with Crippen LogP contribution in [-0.4, -0.2) is 49.3 Å². The lowest BCUT2D eigenvalue weighted by Crippen LogP contribution is -2.45. The van der Waals surface area contributed by atoms with E-state index in [0.717, 1.165) is 70.0 Å². The van der Waals surface area contributed by atoms with E-state index in [1.807, 2.05) is 0 Å². The van der Waals surface area contributed by atoms with Crippen molar-refractivity contribution in [3.05, 3.63) is 82.9 Å². The molecule has 3 aromatic carbocycles. The highest BCUT2D eigenvalue weighted by Crippen LogP contribution is 2.58. The number of rotatable bonds is 11. The van der Waals surface area contributed by atoms with Gasteiger partial charge in [0.15, 0.2) is 0 Å². The van der Waals surface area contributed by atoms with E-state index >= 15 is 0 Å². The van der Waals surface area contributed by atoms with Crippen LogP contribution in [0.2, 0.25) is 0 Å². The molecule has 38 heavy (non-hydrogen) atoms. The lowest BCUT2D eigenvalue weighted by Gasteiger charge is -2.45. The van der Waals surface area contributed by atoms with Gasteiger partial charge in [-0.05, 0) is 76.8 Å². The van der Waals surface area contributed by atoms with Crippen LogP contribution < -0.4 is 14.5 Å². The van der Waals surface area contributed by atoms with Crippen molar-refractivity contribution in [3.63, 3.8) is 0 Å². The number of benzene rings is 3. The van der Waals surface area contributed by atoms with Gasteiger partial charge in [-0.3, -0.25) is 4.90 Å². The lowest BCUT2D eigenvalue weighted by atomic mass is 9.74. The third-order valence-electron chi connectivity index (χ3n) is 8.52. The van der Waals surface area contributed by atoms with E-state index in [1.54, 1.807) is 0 Å². The van der Waals surface area contributed by atoms with Crippen LogP contribution in [-0.2, 0) is 12.1 Å². The van der Waals surface area contributed by atoms with Crippen LogP contribution in [0, 0.1) is 0 Å². The molecule has 2 aliphatic rings. The Balaban J connectivity index is 1.73. The number of anilines is 2. The molecule has 0 aromatic heterocycles. The van der Waals surface area contributed by atoms with Gasteiger partial charge in [-0.15, -0.1) is 0 Å². The van der Waals surface area contributed by atoms with Crippen LogP contribution >= 0.6 is 0 Å². The Hall–Kier alpha value is -3.02. The smallest absolute Gasteiger partial charge is 0.135 e. The number of unbranched alkanes of at least 4 members (excludes halogenated alkanes) is 2. The van der Waals surface area contributed by atoms with Gasteiger partial charge >= 0.3 is 0 Å². The molecule has 0 atom stereocenters. The molecule has 1 N–H and O–H groups in total. The highest BCUT2D eigenvalue weighted by atomic mass is 16.5. The molecule has 2 aliphatic heterocycles. The first-order valence-corrected chi connectivity index (χ1v) is 14.5. The number of aliphatic hydroxyl groups is 1. The number of hydrogen-bond donors (Lipinski definition) is 1. The zero-order chi connectivity index (χ0) is 26.7. The molecule has 5 heteroatoms. The van der Waals surface area contributed by atoms with Gasteiger partial charge in [0.2, 0.25) is 0 Å². The molecule has 5 nitrogen and oxygen atoms in total. The number of aliphatic hydroxyl groups excluding tert-OH is 1. The fraction of sp³-hybridized carbons (Fsp3) is 0.455. The molecule has 0 saturated carbocycles. The summed E-state index contributed by atoms with van der Waals surface area (Å²) >= 11 is 0. The molecular weight excluding hydrogens is 470 g/mol. The molecule has 0 radical (unpaired) electrons. The second-order valence-corrected chi connectivity index (χ2v) is 10.4. The summed E-state index contributed by atoms with van der Waals surface area (Å²) < 4.78 is 6.82. The van der Waals surface area contributed by atoms with Gasteiger partial charge < -0.3 is 19.6 Å². The van der Waals surface area contributed by atoms with Crippen molar-refractivity contribution in [2.24, 2.45) is 0 Å². The van der Waals surface area contributed by atoms with Crippen LogP contribution in [0.1, 0.15) is 69.2 Å². The molecule has 0 aliphatic carbocycles. The first-order chi connectivity index (χ1) is 18.6. The molecule has 202 valence electrons. The maximum absolute atomic E-state index is 9.39. The SMILES string of the molecule is CCN(CC)c1ccc2c(c1)Oc1cc(N(CC)CC)ccc1C21c2ccccc2CN1CCCCCO. The summed E-state index contributed by atoms with van der Waals surface area (Å²) in [6.45, 7) is 14.8. The van der Waals surface area contributed by atoms with Crippen LogP contribution in [0.4, 0.5) is 11.4 Å². The van der Waals surface area contributed by atoms with Crippen molar-refractivity contribution in [1.29, 1.82) is 0 Å². The zero-order valence-corrected chi connectivity index (χ0v) is 23.5. The summed E-state index contributed by atoms with van der Waals surface area (Å²) in [7, 11) is 0. The van der Waals surface area contributed by atoms with Gasteiger partial charge in [0.05, 0.1) is 0 Å². The predicted molar refractivity (Wildman–Crippen MR) is 158 cm³/mol. The van der Waals surface area contributed by atoms with E-state index in [1.165, 1.54) is 33.6 Å². The van der Waals surface area contributed by atoms with E-state index < -0.39 is 5.54 Å². The molecule has 0 saturated heterocycles. The van der Waals surface area contributed by atoms with E-state index in [-0.39, 0.29) is 6.61 Å². The van der Waals surface area contributed by atoms with Crippen molar-refractivity contribution >= 4 is 11.4 Å². The van der Waals surface area contributed by atoms with Crippen molar-refractivity contribution in [2.75, 3.05) is 49.1 Å². The van der Waals surface area contributed by atoms with Crippen LogP contribution in [0.25, 0.3) is 0 Å². The maximum Gasteiger partial charge on any atom is 0.135 e. The molecular formula is C33H43N3O2. The van der Waals surface area contributed by atoms with E-state index in [2.05, 4.69) is 103 Å². The van der Waals surface area contributed by atoms with Crippen molar-refractivity contribution in [1.82, 2.24) is 4.90 Å². The van der Waals surface area contributed by atoms with Gasteiger partial charge in [0.25, 0.3) is 0 Å². The van der Waals surface area contributed by atoms with E-state index in [9.17, 15) is 5.11 Å². The average Bonchev–Trinajstić information content (AvgIpc) is 3.26. The monoisotopic (exact) mass is 513 g/mol. The summed E-state index contributed by atoms with van der Waals surface area (Å²) in [6, 6.07) is 22.6. The van der Waals surface area contributed by atoms with Gasteiger partial charge in [-0.2, -0.15) is 0 Å². The molecule has 0 fully saturated rings. The van der Waals surface area contributed by atoms with Gasteiger partial charge in [-0.1, -0.05) is 36.4 Å². The molecule has 2 heterocycles. The third kappa shape index (κ3) is 4.36. The number of hydrogen-bond acceptors (Lipinski definition) is 5. The Morgan fingerprint density at radius 2 is 1.32 bits per heavy atom. The molecule has 0 bridgehead atoms. The highest BCUT2D eigenvalue weighted by molar-refractivity contribution is 5.70. The minimum absolute atomic E-state index is 0.257. The fourth-order valence-corrected chi connectivity index (χ4v) is 6.60. The minimum Gasteiger partial charge on any atom is -0.456 e. The van der Waals surface area contributed by atoms with Crippen LogP contribution in [0.15, 0.2) is 60.7 Å². The van der Waals surface area contributed by atoms with Crippen molar-refractivity contribution in [3.8, 4) is 11.5 Å². The number of fused-ring (bicyclic) bond motifs is 6. The third-order valence-corrected chi connectivity index (χ3v) is 8.52. The molecule has 5 rings (SSSR count). The fourth-order valence-electron chi connectivity index (χ4n) is 6.60.